The highest BCUT2D eigenvalue weighted by atomic mass is 32.2. The Morgan fingerprint density at radius 2 is 1.88 bits per heavy atom. The van der Waals surface area contributed by atoms with Gasteiger partial charge >= 0.3 is 0 Å². The van der Waals surface area contributed by atoms with E-state index in [9.17, 15) is 4.21 Å². The fourth-order valence-electron chi connectivity index (χ4n) is 3.71. The summed E-state index contributed by atoms with van der Waals surface area (Å²) in [7, 11) is 1.03. The van der Waals surface area contributed by atoms with Gasteiger partial charge in [0.1, 0.15) is 5.82 Å². The van der Waals surface area contributed by atoms with Crippen molar-refractivity contribution in [3.8, 4) is 0 Å². The molecule has 1 fully saturated rings. The minimum atomic E-state index is -1.15. The van der Waals surface area contributed by atoms with Crippen LogP contribution >= 0.6 is 0 Å². The highest BCUT2D eigenvalue weighted by Gasteiger charge is 2.29. The van der Waals surface area contributed by atoms with Gasteiger partial charge in [0.25, 0.3) is 0 Å². The maximum absolute atomic E-state index is 13.0. The molecule has 1 saturated heterocycles. The van der Waals surface area contributed by atoms with Crippen LogP contribution in [0, 0.1) is 6.92 Å². The van der Waals surface area contributed by atoms with Gasteiger partial charge in [-0.25, -0.2) is 9.19 Å². The highest BCUT2D eigenvalue weighted by molar-refractivity contribution is 7.85. The molecule has 2 aliphatic rings. The molecule has 0 N–H and O–H groups in total. The first kappa shape index (κ1) is 17.6. The van der Waals surface area contributed by atoms with Crippen molar-refractivity contribution in [3.63, 3.8) is 0 Å². The van der Waals surface area contributed by atoms with Crippen LogP contribution in [0.5, 0.6) is 0 Å². The number of rotatable bonds is 4. The van der Waals surface area contributed by atoms with E-state index in [-0.39, 0.29) is 0 Å². The van der Waals surface area contributed by atoms with Gasteiger partial charge in [-0.3, -0.25) is 0 Å². The number of anilines is 2. The maximum atomic E-state index is 13.0. The molecule has 0 radical (unpaired) electrons. The summed E-state index contributed by atoms with van der Waals surface area (Å²) in [5, 5.41) is 0. The zero-order valence-electron chi connectivity index (χ0n) is 15.5. The fraction of sp³-hybridized carbons (Fsp3) is 0.450. The van der Waals surface area contributed by atoms with Gasteiger partial charge in [-0.1, -0.05) is 6.07 Å². The maximum Gasteiger partial charge on any atom is 0.149 e. The summed E-state index contributed by atoms with van der Waals surface area (Å²) in [6, 6.07) is 10.1. The predicted octanol–water partition coefficient (Wildman–Crippen LogP) is 2.65. The Hall–Kier alpha value is -1.76. The summed E-state index contributed by atoms with van der Waals surface area (Å²) >= 11 is 0. The van der Waals surface area contributed by atoms with Crippen LogP contribution in [0.25, 0.3) is 0 Å². The number of hydrogen-bond donors (Lipinski definition) is 0. The van der Waals surface area contributed by atoms with Crippen molar-refractivity contribution in [2.75, 3.05) is 51.2 Å². The van der Waals surface area contributed by atoms with Gasteiger partial charge in [0.15, 0.2) is 0 Å². The molecule has 138 valence electrons. The molecule has 0 spiro atoms. The van der Waals surface area contributed by atoms with Crippen LogP contribution < -0.4 is 4.90 Å². The molecule has 0 amide bonds. The Morgan fingerprint density at radius 1 is 1.08 bits per heavy atom. The van der Waals surface area contributed by atoms with Gasteiger partial charge < -0.3 is 14.7 Å². The second kappa shape index (κ2) is 7.47. The van der Waals surface area contributed by atoms with Crippen molar-refractivity contribution in [3.05, 3.63) is 42.1 Å². The second-order valence-corrected chi connectivity index (χ2v) is 8.63. The lowest BCUT2D eigenvalue weighted by Gasteiger charge is -2.34. The molecule has 2 aromatic rings. The van der Waals surface area contributed by atoms with Crippen LogP contribution in [0.2, 0.25) is 0 Å². The average molecular weight is 371 g/mol. The summed E-state index contributed by atoms with van der Waals surface area (Å²) in [6.07, 6.45) is 2.86. The standard InChI is InChI=1S/C20H26N4OS/c1-16-6-7-17-19(15-16)26(25)18-5-3-8-21-20(18)24(17)10-4-9-23-13-11-22(2)12-14-23/h3,5-8,15H,4,9-14H2,1-2H3. The number of hydrogen-bond acceptors (Lipinski definition) is 5. The van der Waals surface area contributed by atoms with Crippen LogP contribution in [-0.4, -0.2) is 65.3 Å². The molecule has 1 aromatic carbocycles. The first-order valence-electron chi connectivity index (χ1n) is 9.29. The van der Waals surface area contributed by atoms with Gasteiger partial charge in [0.05, 0.1) is 26.3 Å². The molecule has 1 atom stereocenters. The highest BCUT2D eigenvalue weighted by Crippen LogP contribution is 2.40. The molecular weight excluding hydrogens is 344 g/mol. The third-order valence-electron chi connectivity index (χ3n) is 5.26. The number of pyridine rings is 1. The largest absolute Gasteiger partial charge is 0.324 e. The monoisotopic (exact) mass is 370 g/mol. The number of piperazine rings is 1. The van der Waals surface area contributed by atoms with Gasteiger partial charge in [0.2, 0.25) is 0 Å². The van der Waals surface area contributed by atoms with E-state index in [1.165, 1.54) is 0 Å². The Bertz CT molecular complexity index is 817. The summed E-state index contributed by atoms with van der Waals surface area (Å²) < 4.78 is 13.0. The molecule has 3 heterocycles. The third-order valence-corrected chi connectivity index (χ3v) is 6.71. The van der Waals surface area contributed by atoms with Gasteiger partial charge in [-0.15, -0.1) is 0 Å². The molecule has 0 aliphatic carbocycles. The Kier molecular flexibility index (Phi) is 5.07. The smallest absolute Gasteiger partial charge is 0.149 e. The topological polar surface area (TPSA) is 39.7 Å². The van der Waals surface area contributed by atoms with Crippen molar-refractivity contribution in [2.24, 2.45) is 0 Å². The lowest BCUT2D eigenvalue weighted by molar-refractivity contribution is 0.153. The van der Waals surface area contributed by atoms with E-state index >= 15 is 0 Å². The zero-order chi connectivity index (χ0) is 18.1. The summed E-state index contributed by atoms with van der Waals surface area (Å²) in [5.74, 6) is 0.848. The zero-order valence-corrected chi connectivity index (χ0v) is 16.3. The first-order chi connectivity index (χ1) is 12.6. The quantitative estimate of drug-likeness (QED) is 0.827. The number of nitrogens with zero attached hydrogens (tertiary/aromatic N) is 4. The van der Waals surface area contributed by atoms with Crippen LogP contribution in [0.4, 0.5) is 11.5 Å². The summed E-state index contributed by atoms with van der Waals surface area (Å²) in [5.41, 5.74) is 2.18. The van der Waals surface area contributed by atoms with Crippen molar-refractivity contribution >= 4 is 22.3 Å². The van der Waals surface area contributed by atoms with Crippen LogP contribution in [0.1, 0.15) is 12.0 Å². The molecule has 2 aliphatic heterocycles. The SMILES string of the molecule is Cc1ccc2c(c1)S(=O)c1cccnc1N2CCCN1CCN(C)CC1. The van der Waals surface area contributed by atoms with Gasteiger partial charge in [-0.2, -0.15) is 0 Å². The lowest BCUT2D eigenvalue weighted by atomic mass is 10.2. The average Bonchev–Trinajstić information content (AvgIpc) is 2.66. The Labute approximate surface area is 158 Å². The van der Waals surface area contributed by atoms with E-state index in [2.05, 4.69) is 44.9 Å². The molecule has 26 heavy (non-hydrogen) atoms. The number of benzene rings is 1. The van der Waals surface area contributed by atoms with E-state index in [1.807, 2.05) is 19.1 Å². The van der Waals surface area contributed by atoms with Crippen molar-refractivity contribution in [1.29, 1.82) is 0 Å². The van der Waals surface area contributed by atoms with Crippen LogP contribution in [0.15, 0.2) is 46.3 Å². The number of aryl methyl sites for hydroxylation is 1. The molecule has 4 rings (SSSR count). The molecular formula is C20H26N4OS. The molecule has 1 unspecified atom stereocenters. The van der Waals surface area contributed by atoms with Crippen molar-refractivity contribution < 1.29 is 4.21 Å². The third kappa shape index (κ3) is 3.41. The van der Waals surface area contributed by atoms with Crippen molar-refractivity contribution in [1.82, 2.24) is 14.8 Å². The van der Waals surface area contributed by atoms with Crippen molar-refractivity contribution in [2.45, 2.75) is 23.1 Å². The van der Waals surface area contributed by atoms with E-state index in [4.69, 9.17) is 0 Å². The number of fused-ring (bicyclic) bond motifs is 2. The lowest BCUT2D eigenvalue weighted by Crippen LogP contribution is -2.45. The van der Waals surface area contributed by atoms with Gasteiger partial charge in [-0.05, 0) is 56.8 Å². The molecule has 1 aromatic heterocycles. The van der Waals surface area contributed by atoms with E-state index in [0.717, 1.165) is 72.5 Å². The predicted molar refractivity (Wildman–Crippen MR) is 106 cm³/mol. The molecule has 0 bridgehead atoms. The number of likely N-dealkylation sites (N-methyl/N-ethyl adjacent to an activating group) is 1. The van der Waals surface area contributed by atoms with E-state index < -0.39 is 10.8 Å². The molecule has 6 heteroatoms. The van der Waals surface area contributed by atoms with Crippen LogP contribution in [-0.2, 0) is 10.8 Å². The van der Waals surface area contributed by atoms with Gasteiger partial charge in [0, 0.05) is 38.9 Å². The molecule has 5 nitrogen and oxygen atoms in total. The second-order valence-electron chi connectivity index (χ2n) is 7.22. The van der Waals surface area contributed by atoms with Crippen LogP contribution in [0.3, 0.4) is 0 Å². The Morgan fingerprint density at radius 3 is 2.69 bits per heavy atom. The fourth-order valence-corrected chi connectivity index (χ4v) is 5.13. The normalized spacial score (nSPS) is 20.7. The first-order valence-corrected chi connectivity index (χ1v) is 10.4. The number of aromatic nitrogens is 1. The van der Waals surface area contributed by atoms with E-state index in [1.54, 1.807) is 6.20 Å². The molecule has 0 saturated carbocycles. The Balaban J connectivity index is 1.54. The van der Waals surface area contributed by atoms with E-state index in [0.29, 0.717) is 0 Å². The minimum Gasteiger partial charge on any atom is -0.324 e. The summed E-state index contributed by atoms with van der Waals surface area (Å²) in [6.45, 7) is 8.62. The summed E-state index contributed by atoms with van der Waals surface area (Å²) in [4.78, 5) is 13.5. The minimum absolute atomic E-state index is 0.824.